The molecule has 0 aliphatic heterocycles. The van der Waals surface area contributed by atoms with Crippen molar-refractivity contribution >= 4 is 33.2 Å². The van der Waals surface area contributed by atoms with Crippen molar-refractivity contribution in [2.24, 2.45) is 0 Å². The summed E-state index contributed by atoms with van der Waals surface area (Å²) in [7, 11) is -3.60. The number of anilines is 1. The summed E-state index contributed by atoms with van der Waals surface area (Å²) in [6.45, 7) is -0.842. The van der Waals surface area contributed by atoms with Crippen molar-refractivity contribution in [2.45, 2.75) is 18.4 Å². The van der Waals surface area contributed by atoms with E-state index in [1.807, 2.05) is 0 Å². The van der Waals surface area contributed by atoms with Gasteiger partial charge in [0, 0.05) is 31.5 Å². The number of benzene rings is 2. The molecule has 13 heteroatoms. The lowest BCUT2D eigenvalue weighted by molar-refractivity contribution is -0.384. The van der Waals surface area contributed by atoms with Gasteiger partial charge in [0.05, 0.1) is 16.4 Å². The molecular weight excluding hydrogens is 476 g/mol. The Labute approximate surface area is 194 Å². The summed E-state index contributed by atoms with van der Waals surface area (Å²) in [5.41, 5.74) is 0.218. The Kier molecular flexibility index (Phi) is 9.30. The van der Waals surface area contributed by atoms with Crippen LogP contribution >= 0.6 is 0 Å². The van der Waals surface area contributed by atoms with Crippen LogP contribution < -0.4 is 20.1 Å². The minimum absolute atomic E-state index is 0.108. The fourth-order valence-corrected chi connectivity index (χ4v) is 3.39. The van der Waals surface area contributed by atoms with Gasteiger partial charge in [-0.05, 0) is 42.8 Å². The quantitative estimate of drug-likeness (QED) is 0.197. The summed E-state index contributed by atoms with van der Waals surface area (Å²) in [6, 6.07) is 7.73. The Bertz CT molecular complexity index is 1170. The Hall–Kier alpha value is -3.74. The summed E-state index contributed by atoms with van der Waals surface area (Å²) < 4.78 is 57.8. The number of halogens is 2. The molecule has 0 heterocycles. The zero-order valence-corrected chi connectivity index (χ0v) is 19.1. The summed E-state index contributed by atoms with van der Waals surface area (Å²) in [4.78, 5) is 22.4. The van der Waals surface area contributed by atoms with Crippen molar-refractivity contribution in [2.75, 3.05) is 31.3 Å². The molecule has 2 aromatic rings. The van der Waals surface area contributed by atoms with Gasteiger partial charge in [-0.15, -0.1) is 0 Å². The molecule has 0 radical (unpaired) electrons. The molecule has 0 saturated heterocycles. The summed E-state index contributed by atoms with van der Waals surface area (Å²) in [5.74, 6) is -0.476. The maximum Gasteiger partial charge on any atom is 0.387 e. The second kappa shape index (κ2) is 11.9. The van der Waals surface area contributed by atoms with Crippen molar-refractivity contribution in [3.63, 3.8) is 0 Å². The van der Waals surface area contributed by atoms with Crippen LogP contribution in [-0.4, -0.2) is 51.8 Å². The predicted molar refractivity (Wildman–Crippen MR) is 121 cm³/mol. The third kappa shape index (κ3) is 7.99. The number of hydrogen-bond acceptors (Lipinski definition) is 8. The number of nitrogens with zero attached hydrogens (tertiary/aromatic N) is 1. The van der Waals surface area contributed by atoms with E-state index in [4.69, 9.17) is 4.74 Å². The minimum atomic E-state index is -3.60. The molecule has 2 N–H and O–H groups in total. The highest BCUT2D eigenvalue weighted by Crippen LogP contribution is 2.30. The number of carbonyl (C=O) groups excluding carboxylic acids is 1. The van der Waals surface area contributed by atoms with E-state index in [1.54, 1.807) is 6.92 Å². The van der Waals surface area contributed by atoms with Gasteiger partial charge in [0.25, 0.3) is 5.69 Å². The number of nitrogens with one attached hydrogen (secondary N) is 2. The van der Waals surface area contributed by atoms with E-state index in [0.717, 1.165) is 12.3 Å². The zero-order valence-electron chi connectivity index (χ0n) is 18.3. The SMILES string of the molecule is CCOc1cc(/C=C/C(=O)NCCNc2ccc(S(C)(=O)=O)cc2[N+](=O)[O-])ccc1OC(F)F. The Balaban J connectivity index is 1.94. The van der Waals surface area contributed by atoms with E-state index in [-0.39, 0.29) is 41.8 Å². The van der Waals surface area contributed by atoms with Crippen molar-refractivity contribution in [3.8, 4) is 11.5 Å². The van der Waals surface area contributed by atoms with Gasteiger partial charge in [0.15, 0.2) is 21.3 Å². The van der Waals surface area contributed by atoms with E-state index in [1.165, 1.54) is 42.5 Å². The van der Waals surface area contributed by atoms with Gasteiger partial charge in [-0.1, -0.05) is 6.07 Å². The van der Waals surface area contributed by atoms with Gasteiger partial charge in [0.2, 0.25) is 5.91 Å². The van der Waals surface area contributed by atoms with Gasteiger partial charge in [-0.25, -0.2) is 8.42 Å². The van der Waals surface area contributed by atoms with Gasteiger partial charge in [-0.2, -0.15) is 8.78 Å². The summed E-state index contributed by atoms with van der Waals surface area (Å²) in [6.07, 6.45) is 3.62. The number of ether oxygens (including phenoxy) is 2. The first-order valence-electron chi connectivity index (χ1n) is 9.91. The molecule has 0 aliphatic carbocycles. The third-order valence-electron chi connectivity index (χ3n) is 4.24. The molecule has 0 unspecified atom stereocenters. The molecule has 1 amide bonds. The minimum Gasteiger partial charge on any atom is -0.490 e. The van der Waals surface area contributed by atoms with Crippen LogP contribution in [0.25, 0.3) is 6.08 Å². The van der Waals surface area contributed by atoms with Crippen LogP contribution in [0.2, 0.25) is 0 Å². The molecule has 2 rings (SSSR count). The maximum atomic E-state index is 12.5. The predicted octanol–water partition coefficient (Wildman–Crippen LogP) is 3.24. The van der Waals surface area contributed by atoms with Crippen LogP contribution in [-0.2, 0) is 14.6 Å². The molecule has 0 aromatic heterocycles. The average molecular weight is 499 g/mol. The highest BCUT2D eigenvalue weighted by Gasteiger charge is 2.18. The van der Waals surface area contributed by atoms with Gasteiger partial charge in [-0.3, -0.25) is 14.9 Å². The van der Waals surface area contributed by atoms with Crippen LogP contribution in [0.4, 0.5) is 20.2 Å². The van der Waals surface area contributed by atoms with Crippen LogP contribution in [0.5, 0.6) is 11.5 Å². The number of hydrogen-bond donors (Lipinski definition) is 2. The Morgan fingerprint density at radius 2 is 1.91 bits per heavy atom. The topological polar surface area (TPSA) is 137 Å². The number of nitro groups is 1. The van der Waals surface area contributed by atoms with Crippen LogP contribution in [0.15, 0.2) is 47.4 Å². The van der Waals surface area contributed by atoms with E-state index in [0.29, 0.717) is 5.56 Å². The second-order valence-corrected chi connectivity index (χ2v) is 8.79. The van der Waals surface area contributed by atoms with Gasteiger partial charge in [0.1, 0.15) is 5.69 Å². The van der Waals surface area contributed by atoms with E-state index in [2.05, 4.69) is 15.4 Å². The molecule has 0 atom stereocenters. The first kappa shape index (κ1) is 26.5. The zero-order chi connectivity index (χ0) is 25.3. The Morgan fingerprint density at radius 3 is 2.53 bits per heavy atom. The number of amides is 1. The number of alkyl halides is 2. The van der Waals surface area contributed by atoms with Crippen molar-refractivity contribution in [3.05, 3.63) is 58.2 Å². The van der Waals surface area contributed by atoms with E-state index < -0.39 is 33.0 Å². The smallest absolute Gasteiger partial charge is 0.387 e. The lowest BCUT2D eigenvalue weighted by Gasteiger charge is -2.11. The fourth-order valence-electron chi connectivity index (χ4n) is 2.75. The van der Waals surface area contributed by atoms with Crippen LogP contribution in [0.3, 0.4) is 0 Å². The number of sulfone groups is 1. The van der Waals surface area contributed by atoms with Crippen molar-refractivity contribution in [1.82, 2.24) is 5.32 Å². The summed E-state index contributed by atoms with van der Waals surface area (Å²) in [5, 5.41) is 16.6. The largest absolute Gasteiger partial charge is 0.490 e. The lowest BCUT2D eigenvalue weighted by atomic mass is 10.2. The molecule has 0 bridgehead atoms. The Morgan fingerprint density at radius 1 is 1.18 bits per heavy atom. The number of nitro benzene ring substituents is 1. The molecule has 0 aliphatic rings. The highest BCUT2D eigenvalue weighted by molar-refractivity contribution is 7.90. The molecule has 0 fully saturated rings. The van der Waals surface area contributed by atoms with Gasteiger partial charge < -0.3 is 20.1 Å². The molecule has 0 spiro atoms. The van der Waals surface area contributed by atoms with Crippen LogP contribution in [0, 0.1) is 10.1 Å². The summed E-state index contributed by atoms with van der Waals surface area (Å²) >= 11 is 0. The highest BCUT2D eigenvalue weighted by atomic mass is 32.2. The van der Waals surface area contributed by atoms with E-state index in [9.17, 15) is 32.1 Å². The molecule has 0 saturated carbocycles. The number of rotatable bonds is 12. The van der Waals surface area contributed by atoms with Crippen LogP contribution in [0.1, 0.15) is 12.5 Å². The monoisotopic (exact) mass is 499 g/mol. The van der Waals surface area contributed by atoms with Crippen molar-refractivity contribution < 1.29 is 36.4 Å². The third-order valence-corrected chi connectivity index (χ3v) is 5.35. The second-order valence-electron chi connectivity index (χ2n) is 6.78. The molecule has 10 nitrogen and oxygen atoms in total. The van der Waals surface area contributed by atoms with Gasteiger partial charge >= 0.3 is 6.61 Å². The first-order valence-corrected chi connectivity index (χ1v) is 11.8. The normalized spacial score (nSPS) is 11.4. The standard InChI is InChI=1S/C21H23F2N3O7S/c1-3-32-19-12-14(4-8-18(19)33-21(22)23)5-9-20(27)25-11-10-24-16-7-6-15(34(2,30)31)13-17(16)26(28)29/h4-9,12-13,21,24H,3,10-11H2,1-2H3,(H,25,27)/b9-5+. The first-order chi connectivity index (χ1) is 16.0. The molecule has 34 heavy (non-hydrogen) atoms. The number of carbonyl (C=O) groups is 1. The fraction of sp³-hybridized carbons (Fsp3) is 0.286. The average Bonchev–Trinajstić information content (AvgIpc) is 2.76. The molecule has 2 aromatic carbocycles. The van der Waals surface area contributed by atoms with Crippen molar-refractivity contribution in [1.29, 1.82) is 0 Å². The maximum absolute atomic E-state index is 12.5. The molecular formula is C21H23F2N3O7S. The molecule has 184 valence electrons. The van der Waals surface area contributed by atoms with E-state index >= 15 is 0 Å². The lowest BCUT2D eigenvalue weighted by Crippen LogP contribution is -2.27.